The van der Waals surface area contributed by atoms with Crippen LogP contribution in [-0.2, 0) is 20.9 Å². The molecular weight excluding hydrogens is 506 g/mol. The minimum Gasteiger partial charge on any atom is -0.383 e. The number of aromatic nitrogens is 1. The normalized spacial score (nSPS) is 12.4. The highest BCUT2D eigenvalue weighted by Crippen LogP contribution is 2.15. The van der Waals surface area contributed by atoms with Gasteiger partial charge in [-0.25, -0.2) is 8.78 Å². The number of rotatable bonds is 13. The molecule has 0 aliphatic carbocycles. The molecule has 2 amide bonds. The predicted molar refractivity (Wildman–Crippen MR) is 139 cm³/mol. The van der Waals surface area contributed by atoms with Crippen molar-refractivity contribution in [1.29, 1.82) is 5.26 Å². The maximum atomic E-state index is 12.8. The monoisotopic (exact) mass is 536 g/mol. The van der Waals surface area contributed by atoms with Crippen molar-refractivity contribution in [2.45, 2.75) is 26.8 Å². The van der Waals surface area contributed by atoms with Gasteiger partial charge in [-0.2, -0.15) is 5.26 Å². The molecule has 0 saturated heterocycles. The van der Waals surface area contributed by atoms with Crippen molar-refractivity contribution in [3.8, 4) is 6.07 Å². The molecule has 37 heavy (non-hydrogen) atoms. The Morgan fingerprint density at radius 2 is 2.03 bits per heavy atom. The number of amides is 2. The van der Waals surface area contributed by atoms with Gasteiger partial charge in [0.05, 0.1) is 19.7 Å². The molecule has 10 nitrogen and oxygen atoms in total. The van der Waals surface area contributed by atoms with Crippen LogP contribution in [0.15, 0.2) is 29.1 Å². The molecule has 0 bridgehead atoms. The van der Waals surface area contributed by atoms with Crippen LogP contribution in [0.4, 0.5) is 20.2 Å². The van der Waals surface area contributed by atoms with E-state index in [2.05, 4.69) is 10.6 Å². The van der Waals surface area contributed by atoms with Crippen LogP contribution in [-0.4, -0.2) is 67.6 Å². The summed E-state index contributed by atoms with van der Waals surface area (Å²) in [6.45, 7) is 4.96. The number of likely N-dealkylation sites (N-methyl/N-ethyl adjacent to an activating group) is 1. The molecule has 1 aromatic heterocycles. The van der Waals surface area contributed by atoms with Crippen molar-refractivity contribution < 1.29 is 23.1 Å². The highest BCUT2D eigenvalue weighted by atomic mass is 32.1. The van der Waals surface area contributed by atoms with Gasteiger partial charge in [0, 0.05) is 37.8 Å². The molecule has 3 N–H and O–H groups in total. The summed E-state index contributed by atoms with van der Waals surface area (Å²) in [6, 6.07) is 8.60. The van der Waals surface area contributed by atoms with Crippen LogP contribution in [0.1, 0.15) is 13.8 Å². The summed E-state index contributed by atoms with van der Waals surface area (Å²) in [5.74, 6) is -1.16. The molecule has 0 radical (unpaired) electrons. The Labute approximate surface area is 216 Å². The smallest absolute Gasteiger partial charge is 0.270 e. The fraction of sp³-hybridized carbons (Fsp3) is 0.417. The number of benzene rings is 1. The lowest BCUT2D eigenvalue weighted by Crippen LogP contribution is -2.35. The largest absolute Gasteiger partial charge is 0.383 e. The van der Waals surface area contributed by atoms with Crippen LogP contribution >= 0.6 is 11.3 Å². The number of halogens is 2. The number of methoxy groups -OCH3 is 1. The van der Waals surface area contributed by atoms with Gasteiger partial charge in [-0.15, -0.1) is 11.3 Å². The molecule has 0 atom stereocenters. The Morgan fingerprint density at radius 3 is 2.65 bits per heavy atom. The molecule has 1 heterocycles. The average Bonchev–Trinajstić information content (AvgIpc) is 3.19. The number of alkyl halides is 2. The highest BCUT2D eigenvalue weighted by Gasteiger charge is 2.16. The zero-order valence-electron chi connectivity index (χ0n) is 20.8. The lowest BCUT2D eigenvalue weighted by atomic mass is 10.2. The molecule has 1 aromatic carbocycles. The fourth-order valence-corrected chi connectivity index (χ4v) is 4.34. The van der Waals surface area contributed by atoms with Gasteiger partial charge in [-0.05, 0) is 31.7 Å². The van der Waals surface area contributed by atoms with E-state index < -0.39 is 30.0 Å². The minimum atomic E-state index is -2.77. The first-order chi connectivity index (χ1) is 17.7. The van der Waals surface area contributed by atoms with Gasteiger partial charge in [0.2, 0.25) is 5.91 Å². The van der Waals surface area contributed by atoms with E-state index in [1.54, 1.807) is 44.4 Å². The second kappa shape index (κ2) is 14.8. The number of nitrogens with zero attached hydrogens (tertiary/aromatic N) is 3. The maximum Gasteiger partial charge on any atom is 0.270 e. The van der Waals surface area contributed by atoms with Crippen molar-refractivity contribution in [2.75, 3.05) is 50.5 Å². The number of thiazole rings is 1. The number of hydrogen-bond donors (Lipinski definition) is 3. The number of nitrogens with one attached hydrogen (secondary N) is 3. The van der Waals surface area contributed by atoms with Gasteiger partial charge in [0.1, 0.15) is 15.3 Å². The van der Waals surface area contributed by atoms with E-state index in [1.165, 1.54) is 10.8 Å². The molecule has 2 rings (SSSR count). The number of carbonyl (C=O) groups is 2. The first-order valence-electron chi connectivity index (χ1n) is 11.5. The van der Waals surface area contributed by atoms with Gasteiger partial charge >= 0.3 is 0 Å². The first kappa shape index (κ1) is 29.6. The summed E-state index contributed by atoms with van der Waals surface area (Å²) in [7, 11) is 1.60. The van der Waals surface area contributed by atoms with E-state index >= 15 is 0 Å². The van der Waals surface area contributed by atoms with Gasteiger partial charge in [-0.1, -0.05) is 13.0 Å². The highest BCUT2D eigenvalue weighted by molar-refractivity contribution is 7.07. The lowest BCUT2D eigenvalue weighted by Gasteiger charge is -2.19. The number of carbonyl (C=O) groups excluding carboxylic acids is 2. The third-order valence-corrected chi connectivity index (χ3v) is 6.27. The number of anilines is 2. The van der Waals surface area contributed by atoms with Gasteiger partial charge in [0.15, 0.2) is 5.57 Å². The molecule has 0 spiro atoms. The summed E-state index contributed by atoms with van der Waals surface area (Å²) in [6.07, 6.45) is -1.34. The maximum absolute atomic E-state index is 12.8. The molecule has 13 heteroatoms. The van der Waals surface area contributed by atoms with Crippen molar-refractivity contribution in [1.82, 2.24) is 14.8 Å². The van der Waals surface area contributed by atoms with Gasteiger partial charge in [0.25, 0.3) is 17.9 Å². The van der Waals surface area contributed by atoms with Crippen molar-refractivity contribution in [3.05, 3.63) is 43.8 Å². The van der Waals surface area contributed by atoms with Crippen LogP contribution in [0.3, 0.4) is 0 Å². The molecule has 0 saturated carbocycles. The number of ether oxygens (including phenoxy) is 1. The van der Waals surface area contributed by atoms with Crippen LogP contribution in [0.25, 0.3) is 11.8 Å². The van der Waals surface area contributed by atoms with Crippen LogP contribution in [0.5, 0.6) is 0 Å². The molecule has 2 aromatic rings. The molecule has 0 unspecified atom stereocenters. The van der Waals surface area contributed by atoms with Crippen molar-refractivity contribution in [2.24, 2.45) is 0 Å². The van der Waals surface area contributed by atoms with Crippen molar-refractivity contribution in [3.63, 3.8) is 0 Å². The SMILES string of the molecule is CCN(CCOC)CC(=O)Nc1cccc(NC=c2sc(=C(C#N)C(=O)NCC(F)F)n(CC)c2=O)c1. The fourth-order valence-electron chi connectivity index (χ4n) is 3.26. The summed E-state index contributed by atoms with van der Waals surface area (Å²) in [4.78, 5) is 39.4. The Bertz CT molecular complexity index is 1300. The van der Waals surface area contributed by atoms with Crippen LogP contribution in [0.2, 0.25) is 0 Å². The first-order valence-corrected chi connectivity index (χ1v) is 12.3. The van der Waals surface area contributed by atoms with E-state index in [1.807, 2.05) is 17.1 Å². The molecule has 0 fully saturated rings. The van der Waals surface area contributed by atoms with E-state index in [-0.39, 0.29) is 28.2 Å². The van der Waals surface area contributed by atoms with Gasteiger partial charge < -0.3 is 20.7 Å². The van der Waals surface area contributed by atoms with Crippen LogP contribution < -0.4 is 30.7 Å². The Morgan fingerprint density at radius 1 is 1.30 bits per heavy atom. The third-order valence-electron chi connectivity index (χ3n) is 5.14. The second-order valence-electron chi connectivity index (χ2n) is 7.69. The number of nitriles is 1. The number of hydrogen-bond acceptors (Lipinski definition) is 8. The summed E-state index contributed by atoms with van der Waals surface area (Å²) >= 11 is 0.895. The van der Waals surface area contributed by atoms with E-state index in [4.69, 9.17) is 4.74 Å². The summed E-state index contributed by atoms with van der Waals surface area (Å²) < 4.78 is 31.5. The standard InChI is InChI=1S/C24H30F2N6O4S/c1-4-31(9-10-36-3)15-21(33)30-17-8-6-7-16(11-17)28-13-19-23(35)32(5-2)24(37-19)18(12-27)22(34)29-14-20(25)26/h6-8,11,13,20,28H,4-5,9-10,14-15H2,1-3H3,(H,29,34)(H,30,33). The zero-order valence-corrected chi connectivity index (χ0v) is 21.7. The minimum absolute atomic E-state index is 0.0739. The van der Waals surface area contributed by atoms with Crippen LogP contribution in [0, 0.1) is 11.3 Å². The topological polar surface area (TPSA) is 128 Å². The lowest BCUT2D eigenvalue weighted by molar-refractivity contribution is -0.117. The molecule has 0 aliphatic rings. The third kappa shape index (κ3) is 8.78. The van der Waals surface area contributed by atoms with E-state index in [0.717, 1.165) is 11.3 Å². The molecule has 200 valence electrons. The quantitative estimate of drug-likeness (QED) is 0.345. The zero-order chi connectivity index (χ0) is 27.4. The average molecular weight is 537 g/mol. The summed E-state index contributed by atoms with van der Waals surface area (Å²) in [5, 5.41) is 17.3. The van der Waals surface area contributed by atoms with E-state index in [9.17, 15) is 28.4 Å². The van der Waals surface area contributed by atoms with Crippen molar-refractivity contribution >= 4 is 46.3 Å². The Kier molecular flexibility index (Phi) is 11.9. The Hall–Kier alpha value is -3.60. The summed E-state index contributed by atoms with van der Waals surface area (Å²) in [5.41, 5.74) is 0.283. The predicted octanol–water partition coefficient (Wildman–Crippen LogP) is 0.742. The van der Waals surface area contributed by atoms with Gasteiger partial charge in [-0.3, -0.25) is 23.9 Å². The molecular formula is C24H30F2N6O4S. The Balaban J connectivity index is 2.26. The van der Waals surface area contributed by atoms with E-state index in [0.29, 0.717) is 31.1 Å². The molecule has 0 aliphatic heterocycles. The second-order valence-corrected chi connectivity index (χ2v) is 8.72.